The predicted molar refractivity (Wildman–Crippen MR) is 76.9 cm³/mol. The first-order chi connectivity index (χ1) is 9.08. The van der Waals surface area contributed by atoms with E-state index >= 15 is 0 Å². The van der Waals surface area contributed by atoms with Crippen LogP contribution in [0.15, 0.2) is 16.7 Å². The van der Waals surface area contributed by atoms with Gasteiger partial charge in [-0.25, -0.2) is 0 Å². The van der Waals surface area contributed by atoms with Crippen molar-refractivity contribution in [3.63, 3.8) is 0 Å². The van der Waals surface area contributed by atoms with Gasteiger partial charge < -0.3 is 5.11 Å². The lowest BCUT2D eigenvalue weighted by atomic mass is 10.1. The van der Waals surface area contributed by atoms with Crippen LogP contribution in [0.1, 0.15) is 37.0 Å². The number of aliphatic hydroxyl groups excluding tert-OH is 1. The number of nitrogens with zero attached hydrogens (tertiary/aromatic N) is 4. The van der Waals surface area contributed by atoms with E-state index in [-0.39, 0.29) is 0 Å². The van der Waals surface area contributed by atoms with Crippen molar-refractivity contribution in [3.05, 3.63) is 33.8 Å². The Morgan fingerprint density at radius 1 is 1.42 bits per heavy atom. The van der Waals surface area contributed by atoms with Crippen molar-refractivity contribution >= 4 is 15.9 Å². The lowest BCUT2D eigenvalue weighted by Crippen LogP contribution is -2.12. The summed E-state index contributed by atoms with van der Waals surface area (Å²) in [7, 11) is 1.84. The Labute approximate surface area is 121 Å². The van der Waals surface area contributed by atoms with E-state index in [0.717, 1.165) is 34.5 Å². The van der Waals surface area contributed by atoms with Crippen LogP contribution in [0, 0.1) is 0 Å². The number of aliphatic hydroxyl groups is 1. The summed E-state index contributed by atoms with van der Waals surface area (Å²) in [5.41, 5.74) is 2.89. The molecule has 0 aliphatic rings. The van der Waals surface area contributed by atoms with Crippen LogP contribution in [-0.4, -0.2) is 24.7 Å². The van der Waals surface area contributed by atoms with Crippen LogP contribution in [0.25, 0.3) is 0 Å². The number of aryl methyl sites for hydroxylation is 3. The fraction of sp³-hybridized carbons (Fsp3) is 0.538. The zero-order chi connectivity index (χ0) is 14.0. The molecule has 1 N–H and O–H groups in total. The van der Waals surface area contributed by atoms with Crippen LogP contribution in [0.3, 0.4) is 0 Å². The summed E-state index contributed by atoms with van der Waals surface area (Å²) in [5, 5.41) is 19.0. The monoisotopic (exact) mass is 326 g/mol. The normalized spacial score (nSPS) is 12.9. The van der Waals surface area contributed by atoms with Crippen LogP contribution in [0.5, 0.6) is 0 Å². The molecule has 5 nitrogen and oxygen atoms in total. The van der Waals surface area contributed by atoms with E-state index in [9.17, 15) is 5.11 Å². The summed E-state index contributed by atoms with van der Waals surface area (Å²) >= 11 is 3.60. The lowest BCUT2D eigenvalue weighted by molar-refractivity contribution is 0.165. The highest BCUT2D eigenvalue weighted by Crippen LogP contribution is 2.27. The third-order valence-electron chi connectivity index (χ3n) is 3.28. The van der Waals surface area contributed by atoms with Gasteiger partial charge >= 0.3 is 0 Å². The molecule has 1 atom stereocenters. The molecule has 0 saturated heterocycles. The van der Waals surface area contributed by atoms with E-state index in [4.69, 9.17) is 0 Å². The topological polar surface area (TPSA) is 55.9 Å². The first-order valence-electron chi connectivity index (χ1n) is 6.48. The predicted octanol–water partition coefficient (Wildman–Crippen LogP) is 2.24. The van der Waals surface area contributed by atoms with Gasteiger partial charge in [0.1, 0.15) is 6.10 Å². The van der Waals surface area contributed by atoms with Crippen LogP contribution in [0.2, 0.25) is 0 Å². The van der Waals surface area contributed by atoms with E-state index in [1.807, 2.05) is 17.8 Å². The van der Waals surface area contributed by atoms with Gasteiger partial charge in [-0.3, -0.25) is 9.36 Å². The highest BCUT2D eigenvalue weighted by atomic mass is 79.9. The Hall–Kier alpha value is -1.14. The van der Waals surface area contributed by atoms with E-state index in [1.54, 1.807) is 10.9 Å². The van der Waals surface area contributed by atoms with Crippen molar-refractivity contribution in [3.8, 4) is 0 Å². The summed E-state index contributed by atoms with van der Waals surface area (Å²) in [6.45, 7) is 4.93. The molecule has 0 radical (unpaired) electrons. The molecule has 19 heavy (non-hydrogen) atoms. The summed E-state index contributed by atoms with van der Waals surface area (Å²) in [6, 6.07) is 1.84. The molecular weight excluding hydrogens is 308 g/mol. The molecule has 2 aromatic rings. The third-order valence-corrected chi connectivity index (χ3v) is 4.20. The van der Waals surface area contributed by atoms with Crippen molar-refractivity contribution in [2.45, 2.75) is 39.3 Å². The second-order valence-corrected chi connectivity index (χ2v) is 5.27. The molecule has 0 saturated carbocycles. The van der Waals surface area contributed by atoms with Crippen molar-refractivity contribution in [2.75, 3.05) is 0 Å². The van der Waals surface area contributed by atoms with Gasteiger partial charge in [0.25, 0.3) is 0 Å². The maximum absolute atomic E-state index is 10.3. The van der Waals surface area contributed by atoms with Gasteiger partial charge in [0.2, 0.25) is 0 Å². The molecule has 6 heteroatoms. The summed E-state index contributed by atoms with van der Waals surface area (Å²) in [5.74, 6) is 0. The number of hydrogen-bond donors (Lipinski definition) is 1. The van der Waals surface area contributed by atoms with Gasteiger partial charge in [0, 0.05) is 26.2 Å². The third kappa shape index (κ3) is 2.74. The van der Waals surface area contributed by atoms with Gasteiger partial charge in [0.05, 0.1) is 21.6 Å². The second-order valence-electron chi connectivity index (χ2n) is 4.48. The van der Waals surface area contributed by atoms with Crippen LogP contribution in [-0.2, 0) is 26.4 Å². The van der Waals surface area contributed by atoms with Gasteiger partial charge in [0.15, 0.2) is 0 Å². The van der Waals surface area contributed by atoms with Crippen molar-refractivity contribution in [2.24, 2.45) is 7.05 Å². The highest BCUT2D eigenvalue weighted by molar-refractivity contribution is 9.10. The van der Waals surface area contributed by atoms with Crippen LogP contribution < -0.4 is 0 Å². The van der Waals surface area contributed by atoms with Gasteiger partial charge in [-0.15, -0.1) is 0 Å². The molecule has 0 aliphatic carbocycles. The number of halogens is 1. The van der Waals surface area contributed by atoms with E-state index in [2.05, 4.69) is 40.0 Å². The lowest BCUT2D eigenvalue weighted by Gasteiger charge is -2.12. The Morgan fingerprint density at radius 2 is 2.16 bits per heavy atom. The number of rotatable bonds is 5. The Balaban J connectivity index is 2.28. The maximum atomic E-state index is 10.3. The molecule has 1 unspecified atom stereocenters. The SMILES string of the molecule is CCc1nn(CC)c(CC(O)c2ccnn2C)c1Br. The van der Waals surface area contributed by atoms with Crippen molar-refractivity contribution < 1.29 is 5.11 Å². The van der Waals surface area contributed by atoms with Gasteiger partial charge in [-0.05, 0) is 35.3 Å². The van der Waals surface area contributed by atoms with Gasteiger partial charge in [-0.2, -0.15) is 10.2 Å². The molecule has 2 rings (SSSR count). The molecule has 0 aromatic carbocycles. The highest BCUT2D eigenvalue weighted by Gasteiger charge is 2.19. The smallest absolute Gasteiger partial charge is 0.101 e. The molecule has 2 heterocycles. The Bertz CT molecular complexity index is 561. The quantitative estimate of drug-likeness (QED) is 0.916. The van der Waals surface area contributed by atoms with Crippen LogP contribution in [0.4, 0.5) is 0 Å². The number of hydrogen-bond acceptors (Lipinski definition) is 3. The van der Waals surface area contributed by atoms with Crippen molar-refractivity contribution in [1.82, 2.24) is 19.6 Å². The Morgan fingerprint density at radius 3 is 2.68 bits per heavy atom. The molecule has 0 bridgehead atoms. The standard InChI is InChI=1S/C13H19BrN4O/c1-4-9-13(14)11(18(5-2)16-9)8-12(19)10-6-7-15-17(10)3/h6-7,12,19H,4-5,8H2,1-3H3. The summed E-state index contributed by atoms with van der Waals surface area (Å²) in [6.07, 6.45) is 2.53. The molecule has 0 amide bonds. The minimum Gasteiger partial charge on any atom is -0.386 e. The minimum atomic E-state index is -0.574. The Kier molecular flexibility index (Phi) is 4.42. The molecule has 0 aliphatic heterocycles. The number of aromatic nitrogens is 4. The van der Waals surface area contributed by atoms with E-state index < -0.39 is 6.10 Å². The molecule has 0 fully saturated rings. The largest absolute Gasteiger partial charge is 0.386 e. The minimum absolute atomic E-state index is 0.529. The molecule has 2 aromatic heterocycles. The van der Waals surface area contributed by atoms with E-state index in [0.29, 0.717) is 6.42 Å². The summed E-state index contributed by atoms with van der Waals surface area (Å²) < 4.78 is 4.66. The van der Waals surface area contributed by atoms with Gasteiger partial charge in [-0.1, -0.05) is 6.92 Å². The molecular formula is C13H19BrN4O. The fourth-order valence-corrected chi connectivity index (χ4v) is 2.94. The van der Waals surface area contributed by atoms with E-state index in [1.165, 1.54) is 0 Å². The zero-order valence-electron chi connectivity index (χ0n) is 11.5. The van der Waals surface area contributed by atoms with Crippen LogP contribution >= 0.6 is 15.9 Å². The average Bonchev–Trinajstić information content (AvgIpc) is 2.95. The zero-order valence-corrected chi connectivity index (χ0v) is 13.1. The first kappa shape index (κ1) is 14.3. The average molecular weight is 327 g/mol. The van der Waals surface area contributed by atoms with Crippen molar-refractivity contribution in [1.29, 1.82) is 0 Å². The summed E-state index contributed by atoms with van der Waals surface area (Å²) in [4.78, 5) is 0. The fourth-order valence-electron chi connectivity index (χ4n) is 2.21. The molecule has 0 spiro atoms. The maximum Gasteiger partial charge on any atom is 0.101 e. The first-order valence-corrected chi connectivity index (χ1v) is 7.27. The molecule has 104 valence electrons. The second kappa shape index (κ2) is 5.88.